The number of rotatable bonds is 3. The monoisotopic (exact) mass is 276 g/mol. The predicted molar refractivity (Wildman–Crippen MR) is 73.2 cm³/mol. The lowest BCUT2D eigenvalue weighted by Crippen LogP contribution is -2.56. The van der Waals surface area contributed by atoms with Crippen molar-refractivity contribution in [2.75, 3.05) is 26.2 Å². The van der Waals surface area contributed by atoms with Gasteiger partial charge in [0.2, 0.25) is 10.0 Å². The third-order valence-corrected chi connectivity index (χ3v) is 5.98. The Hall–Kier alpha value is -0.660. The second-order valence-corrected chi connectivity index (χ2v) is 8.38. The van der Waals surface area contributed by atoms with Gasteiger partial charge in [-0.3, -0.25) is 10.3 Å². The van der Waals surface area contributed by atoms with Gasteiger partial charge in [0.25, 0.3) is 0 Å². The topological polar surface area (TPSA) is 90.5 Å². The Morgan fingerprint density at radius 3 is 2.00 bits per heavy atom. The van der Waals surface area contributed by atoms with Crippen molar-refractivity contribution in [1.82, 2.24) is 9.21 Å². The molecule has 1 rings (SSSR count). The highest BCUT2D eigenvalue weighted by molar-refractivity contribution is 7.90. The Kier molecular flexibility index (Phi) is 4.40. The van der Waals surface area contributed by atoms with Crippen molar-refractivity contribution >= 4 is 15.9 Å². The number of nitrogens with zero attached hydrogens (tertiary/aromatic N) is 2. The molecule has 7 heteroatoms. The highest BCUT2D eigenvalue weighted by Gasteiger charge is 2.37. The molecule has 1 aliphatic rings. The number of hydrogen-bond donors (Lipinski definition) is 2. The molecule has 18 heavy (non-hydrogen) atoms. The highest BCUT2D eigenvalue weighted by Crippen LogP contribution is 2.21. The van der Waals surface area contributed by atoms with E-state index in [4.69, 9.17) is 11.1 Å². The maximum absolute atomic E-state index is 12.3. The van der Waals surface area contributed by atoms with Crippen molar-refractivity contribution in [3.63, 3.8) is 0 Å². The van der Waals surface area contributed by atoms with E-state index in [1.807, 2.05) is 11.8 Å². The van der Waals surface area contributed by atoms with E-state index in [9.17, 15) is 8.42 Å². The highest BCUT2D eigenvalue weighted by atomic mass is 32.2. The number of piperazine rings is 1. The lowest BCUT2D eigenvalue weighted by Gasteiger charge is -2.39. The van der Waals surface area contributed by atoms with Crippen molar-refractivity contribution in [3.05, 3.63) is 0 Å². The van der Waals surface area contributed by atoms with Crippen LogP contribution in [0, 0.1) is 5.41 Å². The zero-order valence-electron chi connectivity index (χ0n) is 11.6. The molecule has 0 spiro atoms. The summed E-state index contributed by atoms with van der Waals surface area (Å²) in [5.74, 6) is 0.127. The Bertz CT molecular complexity index is 405. The van der Waals surface area contributed by atoms with Gasteiger partial charge < -0.3 is 5.73 Å². The second kappa shape index (κ2) is 5.14. The Balaban J connectivity index is 2.68. The first-order valence-corrected chi connectivity index (χ1v) is 7.59. The molecule has 1 atom stereocenters. The van der Waals surface area contributed by atoms with E-state index < -0.39 is 14.8 Å². The second-order valence-electron chi connectivity index (χ2n) is 5.68. The molecule has 0 aromatic carbocycles. The molecule has 0 amide bonds. The van der Waals surface area contributed by atoms with Crippen molar-refractivity contribution in [1.29, 1.82) is 5.41 Å². The molecule has 0 saturated carbocycles. The Labute approximate surface area is 110 Å². The Morgan fingerprint density at radius 2 is 1.67 bits per heavy atom. The first-order valence-electron chi connectivity index (χ1n) is 6.15. The quantitative estimate of drug-likeness (QED) is 0.563. The molecular formula is C11H24N4O2S. The molecular weight excluding hydrogens is 252 g/mol. The zero-order valence-corrected chi connectivity index (χ0v) is 12.4. The summed E-state index contributed by atoms with van der Waals surface area (Å²) in [7, 11) is -3.25. The Morgan fingerprint density at radius 1 is 1.22 bits per heavy atom. The number of nitrogens with two attached hydrogens (primary N) is 1. The number of nitrogens with one attached hydrogen (secondary N) is 1. The van der Waals surface area contributed by atoms with Crippen LogP contribution in [0.5, 0.6) is 0 Å². The lowest BCUT2D eigenvalue weighted by atomic mass is 10.2. The fourth-order valence-corrected chi connectivity index (χ4v) is 3.33. The van der Waals surface area contributed by atoms with Crippen LogP contribution in [-0.4, -0.2) is 60.4 Å². The van der Waals surface area contributed by atoms with Crippen LogP contribution in [0.3, 0.4) is 0 Å². The van der Waals surface area contributed by atoms with Gasteiger partial charge in [-0.15, -0.1) is 0 Å². The summed E-state index contributed by atoms with van der Waals surface area (Å²) in [5.41, 5.74) is 5.47. The summed E-state index contributed by atoms with van der Waals surface area (Å²) < 4.78 is 25.3. The van der Waals surface area contributed by atoms with Crippen molar-refractivity contribution in [2.24, 2.45) is 5.73 Å². The third kappa shape index (κ3) is 3.02. The van der Waals surface area contributed by atoms with Gasteiger partial charge in [-0.1, -0.05) is 0 Å². The van der Waals surface area contributed by atoms with E-state index in [1.54, 1.807) is 20.8 Å². The first kappa shape index (κ1) is 15.4. The SMILES string of the molecule is CC(C(=N)N)N1CCN(S(=O)(=O)C(C)(C)C)CC1. The van der Waals surface area contributed by atoms with Gasteiger partial charge in [0.1, 0.15) is 5.84 Å². The van der Waals surface area contributed by atoms with E-state index in [-0.39, 0.29) is 11.9 Å². The van der Waals surface area contributed by atoms with Gasteiger partial charge >= 0.3 is 0 Å². The van der Waals surface area contributed by atoms with Gasteiger partial charge in [0.05, 0.1) is 10.8 Å². The van der Waals surface area contributed by atoms with Gasteiger partial charge in [0, 0.05) is 26.2 Å². The summed E-state index contributed by atoms with van der Waals surface area (Å²) in [5, 5.41) is 7.41. The smallest absolute Gasteiger partial charge is 0.219 e. The molecule has 0 bridgehead atoms. The molecule has 0 aromatic rings. The van der Waals surface area contributed by atoms with E-state index >= 15 is 0 Å². The molecule has 3 N–H and O–H groups in total. The van der Waals surface area contributed by atoms with Crippen LogP contribution in [0.4, 0.5) is 0 Å². The van der Waals surface area contributed by atoms with Crippen molar-refractivity contribution in [2.45, 2.75) is 38.5 Å². The van der Waals surface area contributed by atoms with Crippen molar-refractivity contribution < 1.29 is 8.42 Å². The molecule has 1 heterocycles. The van der Waals surface area contributed by atoms with Crippen LogP contribution < -0.4 is 5.73 Å². The van der Waals surface area contributed by atoms with Crippen LogP contribution in [0.15, 0.2) is 0 Å². The van der Waals surface area contributed by atoms with Crippen LogP contribution in [-0.2, 0) is 10.0 Å². The molecule has 6 nitrogen and oxygen atoms in total. The number of hydrogen-bond acceptors (Lipinski definition) is 4. The fourth-order valence-electron chi connectivity index (χ4n) is 1.92. The first-order chi connectivity index (χ1) is 8.07. The van der Waals surface area contributed by atoms with E-state index in [0.717, 1.165) is 0 Å². The molecule has 1 fully saturated rings. The van der Waals surface area contributed by atoms with Gasteiger partial charge in [0.15, 0.2) is 0 Å². The maximum atomic E-state index is 12.3. The number of sulfonamides is 1. The van der Waals surface area contributed by atoms with Crippen LogP contribution in [0.25, 0.3) is 0 Å². The van der Waals surface area contributed by atoms with E-state index in [2.05, 4.69) is 0 Å². The standard InChI is InChI=1S/C11H24N4O2S/c1-9(10(12)13)14-5-7-15(8-6-14)18(16,17)11(2,3)4/h9H,5-8H2,1-4H3,(H3,12,13). The average molecular weight is 276 g/mol. The molecule has 1 saturated heterocycles. The summed E-state index contributed by atoms with van der Waals surface area (Å²) in [4.78, 5) is 2.04. The van der Waals surface area contributed by atoms with E-state index in [1.165, 1.54) is 4.31 Å². The average Bonchev–Trinajstić information content (AvgIpc) is 2.26. The molecule has 106 valence electrons. The molecule has 1 unspecified atom stereocenters. The summed E-state index contributed by atoms with van der Waals surface area (Å²) in [6, 6.07) is -0.121. The summed E-state index contributed by atoms with van der Waals surface area (Å²) >= 11 is 0. The fraction of sp³-hybridized carbons (Fsp3) is 0.909. The molecule has 0 aliphatic carbocycles. The van der Waals surface area contributed by atoms with Crippen LogP contribution in [0.2, 0.25) is 0 Å². The molecule has 1 aliphatic heterocycles. The third-order valence-electron chi connectivity index (χ3n) is 3.38. The zero-order chi connectivity index (χ0) is 14.1. The maximum Gasteiger partial charge on any atom is 0.219 e. The van der Waals surface area contributed by atoms with Crippen LogP contribution >= 0.6 is 0 Å². The summed E-state index contributed by atoms with van der Waals surface area (Å²) in [6.07, 6.45) is 0. The number of amidine groups is 1. The summed E-state index contributed by atoms with van der Waals surface area (Å²) in [6.45, 7) is 9.20. The van der Waals surface area contributed by atoms with Crippen LogP contribution in [0.1, 0.15) is 27.7 Å². The molecule has 0 radical (unpaired) electrons. The van der Waals surface area contributed by atoms with Gasteiger partial charge in [-0.05, 0) is 27.7 Å². The normalized spacial score (nSPS) is 21.8. The predicted octanol–water partition coefficient (Wildman–Crippen LogP) is 0.0568. The minimum atomic E-state index is -3.25. The molecule has 0 aromatic heterocycles. The lowest BCUT2D eigenvalue weighted by molar-refractivity contribution is 0.172. The largest absolute Gasteiger partial charge is 0.386 e. The minimum absolute atomic E-state index is 0.121. The van der Waals surface area contributed by atoms with Crippen molar-refractivity contribution in [3.8, 4) is 0 Å². The van der Waals surface area contributed by atoms with Gasteiger partial charge in [-0.2, -0.15) is 4.31 Å². The van der Waals surface area contributed by atoms with Gasteiger partial charge in [-0.25, -0.2) is 8.42 Å². The van der Waals surface area contributed by atoms with E-state index in [0.29, 0.717) is 26.2 Å². The minimum Gasteiger partial charge on any atom is -0.386 e.